The predicted molar refractivity (Wildman–Crippen MR) is 133 cm³/mol. The van der Waals surface area contributed by atoms with Crippen LogP contribution in [0.4, 0.5) is 5.69 Å². The molecule has 0 radical (unpaired) electrons. The van der Waals surface area contributed by atoms with Gasteiger partial charge in [0.2, 0.25) is 11.8 Å². The largest absolute Gasteiger partial charge is 0.475 e. The number of nitrogens with one attached hydrogen (secondary N) is 1. The van der Waals surface area contributed by atoms with Crippen LogP contribution in [0.3, 0.4) is 0 Å². The van der Waals surface area contributed by atoms with Gasteiger partial charge in [0.05, 0.1) is 33.6 Å². The summed E-state index contributed by atoms with van der Waals surface area (Å²) in [6, 6.07) is -0.744. The van der Waals surface area contributed by atoms with Gasteiger partial charge in [-0.15, -0.1) is 0 Å². The molecule has 3 rings (SSSR count). The molecule has 32 heavy (non-hydrogen) atoms. The third-order valence-corrected chi connectivity index (χ3v) is 7.02. The number of rotatable bonds is 7. The van der Waals surface area contributed by atoms with Crippen molar-refractivity contribution in [2.75, 3.05) is 31.7 Å². The molecule has 0 aliphatic carbocycles. The van der Waals surface area contributed by atoms with Crippen molar-refractivity contribution in [2.45, 2.75) is 39.0 Å². The summed E-state index contributed by atoms with van der Waals surface area (Å²) in [6.07, 6.45) is -0.994. The Hall–Kier alpha value is -1.52. The number of hydrogen-bond donors (Lipinski definition) is 3. The van der Waals surface area contributed by atoms with Crippen LogP contribution in [-0.2, 0) is 23.8 Å². The van der Waals surface area contributed by atoms with Crippen LogP contribution in [0.15, 0.2) is 9.98 Å². The Morgan fingerprint density at radius 1 is 1.09 bits per heavy atom. The first-order chi connectivity index (χ1) is 15.2. The molecule has 1 aromatic rings. The standard InChI is InChI=1S/C20H23I2N3O7/c1-8-13(19-23-11(4-26)6-30-19)15(21)14(20-24-12(5-27)7-31-20)16(22)17(8)25-18(29)9(2)32-10(3)28/h9,11-12,26-27H,4-7H2,1-3H3,(H,25,29). The Bertz CT molecular complexity index is 939. The molecule has 2 aliphatic rings. The second-order valence-electron chi connectivity index (χ2n) is 7.28. The quantitative estimate of drug-likeness (QED) is 0.294. The molecule has 174 valence electrons. The van der Waals surface area contributed by atoms with Gasteiger partial charge in [-0.05, 0) is 64.6 Å². The van der Waals surface area contributed by atoms with Crippen molar-refractivity contribution in [2.24, 2.45) is 9.98 Å². The van der Waals surface area contributed by atoms with Crippen molar-refractivity contribution >= 4 is 74.5 Å². The number of aliphatic imine (C=N–C) groups is 2. The monoisotopic (exact) mass is 671 g/mol. The van der Waals surface area contributed by atoms with Gasteiger partial charge >= 0.3 is 5.97 Å². The molecule has 2 aliphatic heterocycles. The summed E-state index contributed by atoms with van der Waals surface area (Å²) in [4.78, 5) is 32.9. The number of hydrogen-bond acceptors (Lipinski definition) is 9. The number of aliphatic hydroxyl groups is 2. The van der Waals surface area contributed by atoms with Crippen LogP contribution in [0, 0.1) is 14.1 Å². The molecular formula is C20H23I2N3O7. The Morgan fingerprint density at radius 2 is 1.62 bits per heavy atom. The highest BCUT2D eigenvalue weighted by Crippen LogP contribution is 2.37. The lowest BCUT2D eigenvalue weighted by atomic mass is 10.0. The highest BCUT2D eigenvalue weighted by atomic mass is 127. The van der Waals surface area contributed by atoms with Crippen LogP contribution in [0.1, 0.15) is 30.5 Å². The van der Waals surface area contributed by atoms with Gasteiger partial charge in [0.15, 0.2) is 6.10 Å². The topological polar surface area (TPSA) is 139 Å². The summed E-state index contributed by atoms with van der Waals surface area (Å²) >= 11 is 4.26. The second-order valence-corrected chi connectivity index (χ2v) is 9.44. The summed E-state index contributed by atoms with van der Waals surface area (Å²) in [5.74, 6) is -0.357. The van der Waals surface area contributed by atoms with Gasteiger partial charge in [0, 0.05) is 10.5 Å². The van der Waals surface area contributed by atoms with E-state index in [2.05, 4.69) is 60.5 Å². The summed E-state index contributed by atoms with van der Waals surface area (Å²) in [7, 11) is 0. The zero-order valence-electron chi connectivity index (χ0n) is 17.6. The van der Waals surface area contributed by atoms with Crippen LogP contribution in [-0.4, -0.2) is 78.5 Å². The van der Waals surface area contributed by atoms with E-state index in [0.717, 1.165) is 3.57 Å². The number of halogens is 2. The Balaban J connectivity index is 2.14. The molecule has 0 aromatic heterocycles. The van der Waals surface area contributed by atoms with Crippen LogP contribution in [0.25, 0.3) is 0 Å². The van der Waals surface area contributed by atoms with Crippen LogP contribution in [0.2, 0.25) is 0 Å². The molecule has 12 heteroatoms. The Morgan fingerprint density at radius 3 is 2.09 bits per heavy atom. The zero-order chi connectivity index (χ0) is 23.6. The third kappa shape index (κ3) is 5.17. The molecule has 0 bridgehead atoms. The van der Waals surface area contributed by atoms with Gasteiger partial charge in [-0.1, -0.05) is 0 Å². The first-order valence-corrected chi connectivity index (χ1v) is 12.0. The molecule has 0 saturated heterocycles. The molecule has 0 spiro atoms. The third-order valence-electron chi connectivity index (χ3n) is 4.86. The molecule has 1 amide bonds. The van der Waals surface area contributed by atoms with Crippen molar-refractivity contribution in [3.8, 4) is 0 Å². The van der Waals surface area contributed by atoms with Gasteiger partial charge in [-0.25, -0.2) is 9.98 Å². The lowest BCUT2D eigenvalue weighted by Gasteiger charge is -2.21. The zero-order valence-corrected chi connectivity index (χ0v) is 22.0. The number of aliphatic hydroxyl groups excluding tert-OH is 2. The SMILES string of the molecule is CC(=O)OC(C)C(=O)Nc1c(C)c(C2=NC(CO)CO2)c(I)c(C2=NC(CO)CO2)c1I. The van der Waals surface area contributed by atoms with Crippen molar-refractivity contribution in [1.29, 1.82) is 0 Å². The van der Waals surface area contributed by atoms with Crippen LogP contribution < -0.4 is 5.32 Å². The minimum atomic E-state index is -0.994. The maximum absolute atomic E-state index is 12.7. The van der Waals surface area contributed by atoms with Gasteiger partial charge in [-0.2, -0.15) is 0 Å². The van der Waals surface area contributed by atoms with E-state index in [1.165, 1.54) is 13.8 Å². The van der Waals surface area contributed by atoms with E-state index < -0.39 is 18.0 Å². The number of amides is 1. The minimum absolute atomic E-state index is 0.145. The molecule has 0 saturated carbocycles. The Labute approximate surface area is 212 Å². The Kier molecular flexibility index (Phi) is 8.32. The lowest BCUT2D eigenvalue weighted by molar-refractivity contribution is -0.150. The van der Waals surface area contributed by atoms with E-state index in [9.17, 15) is 19.8 Å². The van der Waals surface area contributed by atoms with Crippen molar-refractivity contribution < 1.29 is 34.0 Å². The normalized spacial score (nSPS) is 20.7. The lowest BCUT2D eigenvalue weighted by Crippen LogP contribution is -2.30. The fourth-order valence-corrected chi connectivity index (χ4v) is 5.90. The number of nitrogens with zero attached hydrogens (tertiary/aromatic N) is 2. The number of carbonyl (C=O) groups is 2. The van der Waals surface area contributed by atoms with E-state index in [1.807, 2.05) is 6.92 Å². The fraction of sp³-hybridized carbons (Fsp3) is 0.500. The molecule has 3 atom stereocenters. The van der Waals surface area contributed by atoms with Crippen LogP contribution in [0.5, 0.6) is 0 Å². The second kappa shape index (κ2) is 10.6. The molecule has 10 nitrogen and oxygen atoms in total. The average Bonchev–Trinajstić information content (AvgIpc) is 3.40. The van der Waals surface area contributed by atoms with Crippen LogP contribution >= 0.6 is 45.2 Å². The summed E-state index contributed by atoms with van der Waals surface area (Å²) < 4.78 is 17.9. The molecule has 3 N–H and O–H groups in total. The van der Waals surface area contributed by atoms with E-state index >= 15 is 0 Å². The molecule has 3 unspecified atom stereocenters. The van der Waals surface area contributed by atoms with Crippen molar-refractivity contribution in [3.63, 3.8) is 0 Å². The number of carbonyl (C=O) groups excluding carboxylic acids is 2. The van der Waals surface area contributed by atoms with E-state index in [-0.39, 0.29) is 38.5 Å². The summed E-state index contributed by atoms with van der Waals surface area (Å²) in [5.41, 5.74) is 2.46. The minimum Gasteiger partial charge on any atom is -0.475 e. The maximum Gasteiger partial charge on any atom is 0.303 e. The summed E-state index contributed by atoms with van der Waals surface area (Å²) in [5, 5.41) is 21.7. The number of esters is 1. The first-order valence-electron chi connectivity index (χ1n) is 9.81. The smallest absolute Gasteiger partial charge is 0.303 e. The summed E-state index contributed by atoms with van der Waals surface area (Å²) in [6.45, 7) is 4.75. The predicted octanol–water partition coefficient (Wildman–Crippen LogP) is 1.37. The average molecular weight is 671 g/mol. The van der Waals surface area contributed by atoms with E-state index in [4.69, 9.17) is 14.2 Å². The van der Waals surface area contributed by atoms with E-state index in [1.54, 1.807) is 0 Å². The molecule has 1 aromatic carbocycles. The molecular weight excluding hydrogens is 648 g/mol. The first kappa shape index (κ1) is 25.1. The number of benzene rings is 1. The highest BCUT2D eigenvalue weighted by molar-refractivity contribution is 14.1. The molecule has 0 fully saturated rings. The maximum atomic E-state index is 12.7. The van der Waals surface area contributed by atoms with E-state index in [0.29, 0.717) is 37.7 Å². The highest BCUT2D eigenvalue weighted by Gasteiger charge is 2.32. The van der Waals surface area contributed by atoms with Gasteiger partial charge < -0.3 is 29.7 Å². The van der Waals surface area contributed by atoms with Gasteiger partial charge in [0.1, 0.15) is 25.3 Å². The molecule has 2 heterocycles. The van der Waals surface area contributed by atoms with Crippen molar-refractivity contribution in [3.05, 3.63) is 23.8 Å². The van der Waals surface area contributed by atoms with Gasteiger partial charge in [0.25, 0.3) is 5.91 Å². The fourth-order valence-electron chi connectivity index (χ4n) is 3.21. The number of ether oxygens (including phenoxy) is 3. The van der Waals surface area contributed by atoms with Crippen molar-refractivity contribution in [1.82, 2.24) is 0 Å². The number of anilines is 1. The van der Waals surface area contributed by atoms with Gasteiger partial charge in [-0.3, -0.25) is 9.59 Å².